The smallest absolute Gasteiger partial charge is 0.129 e. The molecule has 2 nitrogen and oxygen atoms in total. The van der Waals surface area contributed by atoms with Crippen molar-refractivity contribution in [2.75, 3.05) is 7.05 Å². The molecule has 0 fully saturated rings. The van der Waals surface area contributed by atoms with Crippen molar-refractivity contribution >= 4 is 24.0 Å². The molecule has 0 aliphatic heterocycles. The van der Waals surface area contributed by atoms with Crippen LogP contribution in [0.1, 0.15) is 11.1 Å². The first-order valence-electron chi connectivity index (χ1n) is 6.00. The molecule has 0 radical (unpaired) electrons. The van der Waals surface area contributed by atoms with Crippen LogP contribution in [0.25, 0.3) is 0 Å². The lowest BCUT2D eigenvalue weighted by molar-refractivity contribution is 0.296. The van der Waals surface area contributed by atoms with Crippen molar-refractivity contribution in [2.24, 2.45) is 0 Å². The van der Waals surface area contributed by atoms with Crippen molar-refractivity contribution in [3.8, 4) is 5.75 Å². The quantitative estimate of drug-likeness (QED) is 0.893. The van der Waals surface area contributed by atoms with Gasteiger partial charge in [0, 0.05) is 22.7 Å². The molecule has 5 heteroatoms. The topological polar surface area (TPSA) is 21.3 Å². The Morgan fingerprint density at radius 2 is 1.90 bits per heavy atom. The van der Waals surface area contributed by atoms with E-state index in [0.717, 1.165) is 5.56 Å². The highest BCUT2D eigenvalue weighted by molar-refractivity contribution is 6.30. The highest BCUT2D eigenvalue weighted by Gasteiger charge is 2.06. The third kappa shape index (κ3) is 4.37. The zero-order valence-electron chi connectivity index (χ0n) is 11.0. The molecule has 0 heterocycles. The van der Waals surface area contributed by atoms with Crippen LogP contribution in [0, 0.1) is 5.82 Å². The van der Waals surface area contributed by atoms with Gasteiger partial charge in [0.05, 0.1) is 0 Å². The van der Waals surface area contributed by atoms with Crippen molar-refractivity contribution in [3.63, 3.8) is 0 Å². The number of halogens is 3. The summed E-state index contributed by atoms with van der Waals surface area (Å²) >= 11 is 5.95. The van der Waals surface area contributed by atoms with Crippen molar-refractivity contribution < 1.29 is 9.13 Å². The Kier molecular flexibility index (Phi) is 6.79. The van der Waals surface area contributed by atoms with Gasteiger partial charge in [0.1, 0.15) is 18.2 Å². The summed E-state index contributed by atoms with van der Waals surface area (Å²) in [5.41, 5.74) is 1.49. The third-order valence-corrected chi connectivity index (χ3v) is 2.97. The van der Waals surface area contributed by atoms with Crippen LogP contribution in [0.5, 0.6) is 5.75 Å². The monoisotopic (exact) mass is 315 g/mol. The van der Waals surface area contributed by atoms with E-state index in [-0.39, 0.29) is 24.8 Å². The molecule has 0 spiro atoms. The minimum Gasteiger partial charge on any atom is -0.488 e. The lowest BCUT2D eigenvalue weighted by Gasteiger charge is -2.12. The fourth-order valence-electron chi connectivity index (χ4n) is 1.79. The largest absolute Gasteiger partial charge is 0.488 e. The first-order valence-corrected chi connectivity index (χ1v) is 6.37. The summed E-state index contributed by atoms with van der Waals surface area (Å²) in [6, 6.07) is 12.0. The van der Waals surface area contributed by atoms with Gasteiger partial charge in [-0.05, 0) is 31.3 Å². The summed E-state index contributed by atoms with van der Waals surface area (Å²) in [6.07, 6.45) is 0. The molecule has 2 rings (SSSR count). The minimum absolute atomic E-state index is 0. The van der Waals surface area contributed by atoms with Crippen molar-refractivity contribution in [3.05, 3.63) is 64.4 Å². The van der Waals surface area contributed by atoms with E-state index in [0.29, 0.717) is 22.9 Å². The third-order valence-electron chi connectivity index (χ3n) is 2.73. The second-order valence-corrected chi connectivity index (χ2v) is 4.60. The summed E-state index contributed by atoms with van der Waals surface area (Å²) in [6.45, 7) is 0.845. The molecule has 2 aromatic carbocycles. The SMILES string of the molecule is CNCc1cc(Cl)ccc1OCc1ccccc1F.Cl. The van der Waals surface area contributed by atoms with Gasteiger partial charge in [-0.1, -0.05) is 29.8 Å². The fraction of sp³-hybridized carbons (Fsp3) is 0.200. The Labute approximate surface area is 129 Å². The summed E-state index contributed by atoms with van der Waals surface area (Å²) in [5.74, 6) is 0.452. The summed E-state index contributed by atoms with van der Waals surface area (Å²) in [7, 11) is 1.85. The van der Waals surface area contributed by atoms with Crippen LogP contribution in [0.4, 0.5) is 4.39 Å². The molecule has 0 aromatic heterocycles. The predicted molar refractivity (Wildman–Crippen MR) is 82.2 cm³/mol. The maximum absolute atomic E-state index is 13.5. The van der Waals surface area contributed by atoms with Gasteiger partial charge < -0.3 is 10.1 Å². The van der Waals surface area contributed by atoms with Crippen LogP contribution in [-0.4, -0.2) is 7.05 Å². The number of hydrogen-bond acceptors (Lipinski definition) is 2. The molecule has 1 N–H and O–H groups in total. The molecule has 0 unspecified atom stereocenters. The molecular weight excluding hydrogens is 300 g/mol. The average Bonchev–Trinajstić information content (AvgIpc) is 2.40. The van der Waals surface area contributed by atoms with E-state index >= 15 is 0 Å². The van der Waals surface area contributed by atoms with Gasteiger partial charge >= 0.3 is 0 Å². The Hall–Kier alpha value is -1.29. The van der Waals surface area contributed by atoms with Crippen LogP contribution >= 0.6 is 24.0 Å². The molecule has 0 atom stereocenters. The van der Waals surface area contributed by atoms with Crippen molar-refractivity contribution in [2.45, 2.75) is 13.2 Å². The number of ether oxygens (including phenoxy) is 1. The number of nitrogens with one attached hydrogen (secondary N) is 1. The molecular formula is C15H16Cl2FNO. The van der Waals surface area contributed by atoms with E-state index in [4.69, 9.17) is 16.3 Å². The van der Waals surface area contributed by atoms with Gasteiger partial charge in [-0.2, -0.15) is 0 Å². The summed E-state index contributed by atoms with van der Waals surface area (Å²) in [4.78, 5) is 0. The molecule has 0 bridgehead atoms. The summed E-state index contributed by atoms with van der Waals surface area (Å²) in [5, 5.41) is 3.70. The second-order valence-electron chi connectivity index (χ2n) is 4.16. The van der Waals surface area contributed by atoms with Crippen LogP contribution in [0.15, 0.2) is 42.5 Å². The standard InChI is InChI=1S/C15H15ClFNO.ClH/c1-18-9-12-8-13(16)6-7-15(12)19-10-11-4-2-3-5-14(11)17;/h2-8,18H,9-10H2,1H3;1H. The van der Waals surface area contributed by atoms with Crippen molar-refractivity contribution in [1.82, 2.24) is 5.32 Å². The molecule has 0 aliphatic carbocycles. The van der Waals surface area contributed by atoms with Gasteiger partial charge in [0.25, 0.3) is 0 Å². The Bertz CT molecular complexity index is 563. The molecule has 0 saturated heterocycles. The van der Waals surface area contributed by atoms with Gasteiger partial charge in [-0.15, -0.1) is 12.4 Å². The average molecular weight is 316 g/mol. The van der Waals surface area contributed by atoms with Crippen LogP contribution in [-0.2, 0) is 13.2 Å². The van der Waals surface area contributed by atoms with E-state index < -0.39 is 0 Å². The number of rotatable bonds is 5. The summed E-state index contributed by atoms with van der Waals surface area (Å²) < 4.78 is 19.2. The highest BCUT2D eigenvalue weighted by atomic mass is 35.5. The molecule has 0 saturated carbocycles. The van der Waals surface area contributed by atoms with E-state index in [9.17, 15) is 4.39 Å². The predicted octanol–water partition coefficient (Wildman–Crippen LogP) is 4.20. The second kappa shape index (κ2) is 8.10. The van der Waals surface area contributed by atoms with E-state index in [2.05, 4.69) is 5.32 Å². The Morgan fingerprint density at radius 3 is 2.60 bits per heavy atom. The zero-order valence-corrected chi connectivity index (χ0v) is 12.6. The lowest BCUT2D eigenvalue weighted by Crippen LogP contribution is -2.08. The van der Waals surface area contributed by atoms with E-state index in [1.54, 1.807) is 30.3 Å². The van der Waals surface area contributed by atoms with E-state index in [1.165, 1.54) is 6.07 Å². The zero-order chi connectivity index (χ0) is 13.7. The van der Waals surface area contributed by atoms with Gasteiger partial charge in [0.2, 0.25) is 0 Å². The first-order chi connectivity index (χ1) is 9.20. The first kappa shape index (κ1) is 16.8. The fourth-order valence-corrected chi connectivity index (χ4v) is 1.98. The van der Waals surface area contributed by atoms with Gasteiger partial charge in [-0.25, -0.2) is 4.39 Å². The maximum Gasteiger partial charge on any atom is 0.129 e. The van der Waals surface area contributed by atoms with Crippen molar-refractivity contribution in [1.29, 1.82) is 0 Å². The molecule has 20 heavy (non-hydrogen) atoms. The maximum atomic E-state index is 13.5. The minimum atomic E-state index is -0.258. The highest BCUT2D eigenvalue weighted by Crippen LogP contribution is 2.24. The number of benzene rings is 2. The Balaban J connectivity index is 0.00000200. The Morgan fingerprint density at radius 1 is 1.15 bits per heavy atom. The lowest BCUT2D eigenvalue weighted by atomic mass is 10.2. The van der Waals surface area contributed by atoms with Crippen LogP contribution < -0.4 is 10.1 Å². The van der Waals surface area contributed by atoms with Crippen LogP contribution in [0.2, 0.25) is 5.02 Å². The molecule has 2 aromatic rings. The molecule has 0 aliphatic rings. The van der Waals surface area contributed by atoms with Gasteiger partial charge in [-0.3, -0.25) is 0 Å². The van der Waals surface area contributed by atoms with Crippen LogP contribution in [0.3, 0.4) is 0 Å². The van der Waals surface area contributed by atoms with Gasteiger partial charge in [0.15, 0.2) is 0 Å². The molecule has 108 valence electrons. The normalized spacial score (nSPS) is 9.95. The van der Waals surface area contributed by atoms with E-state index in [1.807, 2.05) is 13.1 Å². The number of hydrogen-bond donors (Lipinski definition) is 1. The molecule has 0 amide bonds.